The number of rotatable bonds is 2. The number of carboxylic acids is 1. The Morgan fingerprint density at radius 2 is 2.23 bits per heavy atom. The summed E-state index contributed by atoms with van der Waals surface area (Å²) in [5.41, 5.74) is 5.88. The lowest BCUT2D eigenvalue weighted by Crippen LogP contribution is -2.11. The van der Waals surface area contributed by atoms with Gasteiger partial charge in [-0.25, -0.2) is 9.18 Å². The van der Waals surface area contributed by atoms with E-state index in [1.54, 1.807) is 6.92 Å². The quantitative estimate of drug-likeness (QED) is 0.731. The van der Waals surface area contributed by atoms with E-state index in [4.69, 9.17) is 10.8 Å². The summed E-state index contributed by atoms with van der Waals surface area (Å²) in [6.45, 7) is 1.65. The predicted octanol–water partition coefficient (Wildman–Crippen LogP) is 1.54. The zero-order valence-corrected chi connectivity index (χ0v) is 7.12. The second-order valence-corrected chi connectivity index (χ2v) is 2.83. The molecule has 1 unspecified atom stereocenters. The third kappa shape index (κ3) is 2.03. The smallest absolute Gasteiger partial charge is 0.336 e. The molecule has 0 amide bonds. The predicted molar refractivity (Wildman–Crippen MR) is 46.0 cm³/mol. The van der Waals surface area contributed by atoms with Gasteiger partial charge in [0, 0.05) is 6.04 Å². The van der Waals surface area contributed by atoms with E-state index in [0.29, 0.717) is 5.56 Å². The van der Waals surface area contributed by atoms with Gasteiger partial charge in [0.2, 0.25) is 0 Å². The van der Waals surface area contributed by atoms with Gasteiger partial charge in [-0.3, -0.25) is 0 Å². The first-order chi connectivity index (χ1) is 6.02. The zero-order valence-electron chi connectivity index (χ0n) is 7.12. The first-order valence-electron chi connectivity index (χ1n) is 3.80. The van der Waals surface area contributed by atoms with Gasteiger partial charge in [-0.05, 0) is 24.6 Å². The van der Waals surface area contributed by atoms with Crippen molar-refractivity contribution in [2.75, 3.05) is 0 Å². The maximum atomic E-state index is 12.7. The van der Waals surface area contributed by atoms with E-state index >= 15 is 0 Å². The topological polar surface area (TPSA) is 63.3 Å². The van der Waals surface area contributed by atoms with E-state index in [-0.39, 0.29) is 5.56 Å². The minimum Gasteiger partial charge on any atom is -0.478 e. The highest BCUT2D eigenvalue weighted by atomic mass is 19.1. The van der Waals surface area contributed by atoms with Gasteiger partial charge in [-0.15, -0.1) is 0 Å². The van der Waals surface area contributed by atoms with Gasteiger partial charge < -0.3 is 10.8 Å². The van der Waals surface area contributed by atoms with Crippen molar-refractivity contribution in [1.82, 2.24) is 0 Å². The van der Waals surface area contributed by atoms with Crippen molar-refractivity contribution in [2.24, 2.45) is 5.73 Å². The Balaban J connectivity index is 3.27. The Morgan fingerprint density at radius 1 is 1.62 bits per heavy atom. The Morgan fingerprint density at radius 3 is 2.69 bits per heavy atom. The number of nitrogens with two attached hydrogens (primary N) is 1. The van der Waals surface area contributed by atoms with Crippen LogP contribution in [-0.2, 0) is 0 Å². The molecule has 70 valence electrons. The van der Waals surface area contributed by atoms with Crippen LogP contribution in [0.4, 0.5) is 4.39 Å². The molecule has 13 heavy (non-hydrogen) atoms. The fraction of sp³-hybridized carbons (Fsp3) is 0.222. The van der Waals surface area contributed by atoms with Gasteiger partial charge in [0.25, 0.3) is 0 Å². The molecule has 0 aliphatic heterocycles. The number of benzene rings is 1. The molecule has 3 N–H and O–H groups in total. The van der Waals surface area contributed by atoms with Crippen molar-refractivity contribution in [3.8, 4) is 0 Å². The molecular weight excluding hydrogens is 173 g/mol. The zero-order chi connectivity index (χ0) is 10.0. The summed E-state index contributed by atoms with van der Waals surface area (Å²) in [6.07, 6.45) is 0. The molecule has 3 nitrogen and oxygen atoms in total. The highest BCUT2D eigenvalue weighted by Gasteiger charge is 2.13. The first kappa shape index (κ1) is 9.67. The molecule has 1 aromatic rings. The molecule has 0 saturated carbocycles. The van der Waals surface area contributed by atoms with E-state index in [1.807, 2.05) is 0 Å². The van der Waals surface area contributed by atoms with Gasteiger partial charge >= 0.3 is 5.97 Å². The summed E-state index contributed by atoms with van der Waals surface area (Å²) in [7, 11) is 0. The van der Waals surface area contributed by atoms with Crippen molar-refractivity contribution >= 4 is 5.97 Å². The van der Waals surface area contributed by atoms with Crippen molar-refractivity contribution in [2.45, 2.75) is 13.0 Å². The van der Waals surface area contributed by atoms with E-state index < -0.39 is 17.8 Å². The molecule has 1 aromatic carbocycles. The minimum absolute atomic E-state index is 0.0741. The highest BCUT2D eigenvalue weighted by molar-refractivity contribution is 5.89. The number of hydrogen-bond acceptors (Lipinski definition) is 2. The van der Waals surface area contributed by atoms with E-state index in [9.17, 15) is 9.18 Å². The average molecular weight is 183 g/mol. The Hall–Kier alpha value is -1.42. The van der Waals surface area contributed by atoms with Crippen LogP contribution in [0.2, 0.25) is 0 Å². The molecule has 0 aliphatic carbocycles. The number of hydrogen-bond donors (Lipinski definition) is 2. The van der Waals surface area contributed by atoms with Gasteiger partial charge in [-0.1, -0.05) is 6.07 Å². The monoisotopic (exact) mass is 183 g/mol. The molecule has 0 fully saturated rings. The first-order valence-corrected chi connectivity index (χ1v) is 3.80. The van der Waals surface area contributed by atoms with E-state index in [1.165, 1.54) is 12.1 Å². The summed E-state index contributed by atoms with van der Waals surface area (Å²) in [5, 5.41) is 8.72. The van der Waals surface area contributed by atoms with Gasteiger partial charge in [0.15, 0.2) is 0 Å². The van der Waals surface area contributed by atoms with E-state index in [0.717, 1.165) is 6.07 Å². The van der Waals surface area contributed by atoms with Crippen molar-refractivity contribution in [1.29, 1.82) is 0 Å². The lowest BCUT2D eigenvalue weighted by Gasteiger charge is -2.08. The Bertz CT molecular complexity index is 336. The van der Waals surface area contributed by atoms with Crippen molar-refractivity contribution in [3.05, 3.63) is 35.1 Å². The molecule has 0 saturated heterocycles. The van der Waals surface area contributed by atoms with Crippen LogP contribution in [0, 0.1) is 5.82 Å². The highest BCUT2D eigenvalue weighted by Crippen LogP contribution is 2.17. The third-order valence-electron chi connectivity index (χ3n) is 1.74. The van der Waals surface area contributed by atoms with Crippen LogP contribution in [0.1, 0.15) is 28.9 Å². The lowest BCUT2D eigenvalue weighted by atomic mass is 10.0. The fourth-order valence-electron chi connectivity index (χ4n) is 1.11. The maximum absolute atomic E-state index is 12.7. The van der Waals surface area contributed by atoms with Crippen LogP contribution in [0.25, 0.3) is 0 Å². The van der Waals surface area contributed by atoms with Crippen LogP contribution in [-0.4, -0.2) is 11.1 Å². The summed E-state index contributed by atoms with van der Waals surface area (Å²) >= 11 is 0. The molecule has 4 heteroatoms. The number of halogens is 1. The molecule has 0 aliphatic rings. The van der Waals surface area contributed by atoms with Crippen LogP contribution < -0.4 is 5.73 Å². The van der Waals surface area contributed by atoms with Crippen LogP contribution in [0.15, 0.2) is 18.2 Å². The van der Waals surface area contributed by atoms with Crippen LogP contribution in [0.5, 0.6) is 0 Å². The second-order valence-electron chi connectivity index (χ2n) is 2.83. The number of aromatic carboxylic acids is 1. The minimum atomic E-state index is -1.16. The third-order valence-corrected chi connectivity index (χ3v) is 1.74. The molecule has 0 bridgehead atoms. The van der Waals surface area contributed by atoms with Gasteiger partial charge in [0.05, 0.1) is 5.56 Å². The normalized spacial score (nSPS) is 12.5. The summed E-state index contributed by atoms with van der Waals surface area (Å²) in [6, 6.07) is 3.15. The standard InChI is InChI=1S/C9H10FNO2/c1-5(11)7-3-2-6(10)4-8(7)9(12)13/h2-5H,11H2,1H3,(H,12,13). The average Bonchev–Trinajstić information content (AvgIpc) is 2.03. The fourth-order valence-corrected chi connectivity index (χ4v) is 1.11. The molecule has 1 atom stereocenters. The molecule has 0 aromatic heterocycles. The summed E-state index contributed by atoms with van der Waals surface area (Å²) in [4.78, 5) is 10.7. The molecule has 1 rings (SSSR count). The van der Waals surface area contributed by atoms with Crippen LogP contribution in [0.3, 0.4) is 0 Å². The molecule has 0 spiro atoms. The van der Waals surface area contributed by atoms with Gasteiger partial charge in [-0.2, -0.15) is 0 Å². The lowest BCUT2D eigenvalue weighted by molar-refractivity contribution is 0.0694. The Labute approximate surface area is 75.0 Å². The largest absolute Gasteiger partial charge is 0.478 e. The second kappa shape index (κ2) is 3.53. The Kier molecular flexibility index (Phi) is 2.63. The molecular formula is C9H10FNO2. The summed E-state index contributed by atoms with van der Waals surface area (Å²) in [5.74, 6) is -1.73. The summed E-state index contributed by atoms with van der Waals surface area (Å²) < 4.78 is 12.7. The van der Waals surface area contributed by atoms with Crippen molar-refractivity contribution in [3.63, 3.8) is 0 Å². The number of carbonyl (C=O) groups is 1. The molecule has 0 heterocycles. The molecule has 0 radical (unpaired) electrons. The van der Waals surface area contributed by atoms with E-state index in [2.05, 4.69) is 0 Å². The van der Waals surface area contributed by atoms with Crippen molar-refractivity contribution < 1.29 is 14.3 Å². The van der Waals surface area contributed by atoms with Crippen LogP contribution >= 0.6 is 0 Å². The maximum Gasteiger partial charge on any atom is 0.336 e. The van der Waals surface area contributed by atoms with Gasteiger partial charge in [0.1, 0.15) is 5.82 Å². The number of carboxylic acid groups (broad SMARTS) is 1. The SMILES string of the molecule is CC(N)c1ccc(F)cc1C(=O)O.